The van der Waals surface area contributed by atoms with E-state index in [-0.39, 0.29) is 5.82 Å². The van der Waals surface area contributed by atoms with Gasteiger partial charge in [0.25, 0.3) is 0 Å². The second kappa shape index (κ2) is 5.58. The largest absolute Gasteiger partial charge is 0.367 e. The fourth-order valence-corrected chi connectivity index (χ4v) is 1.33. The molecule has 0 fully saturated rings. The normalized spacial score (nSPS) is 10.6. The van der Waals surface area contributed by atoms with Gasteiger partial charge in [0.15, 0.2) is 11.6 Å². The molecular formula is C11H17FN2. The number of pyridine rings is 1. The van der Waals surface area contributed by atoms with Gasteiger partial charge in [0.05, 0.1) is 0 Å². The van der Waals surface area contributed by atoms with E-state index in [0.717, 1.165) is 19.4 Å². The number of hydrogen-bond donors (Lipinski definition) is 1. The first kappa shape index (κ1) is 11.0. The molecule has 0 atom stereocenters. The Kier molecular flexibility index (Phi) is 4.36. The van der Waals surface area contributed by atoms with Crippen molar-refractivity contribution in [2.45, 2.75) is 26.7 Å². The van der Waals surface area contributed by atoms with Crippen LogP contribution in [0.25, 0.3) is 0 Å². The van der Waals surface area contributed by atoms with Crippen LogP contribution < -0.4 is 5.32 Å². The Morgan fingerprint density at radius 3 is 2.71 bits per heavy atom. The van der Waals surface area contributed by atoms with Crippen LogP contribution in [-0.4, -0.2) is 11.5 Å². The summed E-state index contributed by atoms with van der Waals surface area (Å²) in [5.74, 6) is 0.675. The van der Waals surface area contributed by atoms with Crippen LogP contribution in [0.1, 0.15) is 26.7 Å². The van der Waals surface area contributed by atoms with Crippen LogP contribution in [0.5, 0.6) is 0 Å². The summed E-state index contributed by atoms with van der Waals surface area (Å²) in [6, 6.07) is 3.01. The monoisotopic (exact) mass is 196 g/mol. The van der Waals surface area contributed by atoms with Crippen molar-refractivity contribution < 1.29 is 4.39 Å². The second-order valence-electron chi connectivity index (χ2n) is 3.40. The van der Waals surface area contributed by atoms with Crippen molar-refractivity contribution in [3.63, 3.8) is 0 Å². The highest BCUT2D eigenvalue weighted by atomic mass is 19.1. The molecule has 0 aliphatic carbocycles. The number of nitrogens with zero attached hydrogens (tertiary/aromatic N) is 1. The van der Waals surface area contributed by atoms with Crippen LogP contribution >= 0.6 is 0 Å². The van der Waals surface area contributed by atoms with Crippen molar-refractivity contribution in [3.8, 4) is 0 Å². The van der Waals surface area contributed by atoms with Crippen LogP contribution in [0, 0.1) is 11.7 Å². The van der Waals surface area contributed by atoms with Gasteiger partial charge in [-0.2, -0.15) is 0 Å². The van der Waals surface area contributed by atoms with Crippen molar-refractivity contribution >= 4 is 5.82 Å². The number of hydrogen-bond acceptors (Lipinski definition) is 2. The number of aromatic nitrogens is 1. The number of rotatable bonds is 5. The van der Waals surface area contributed by atoms with E-state index in [1.807, 2.05) is 0 Å². The van der Waals surface area contributed by atoms with Gasteiger partial charge in [0, 0.05) is 12.7 Å². The highest BCUT2D eigenvalue weighted by Gasteiger charge is 2.05. The zero-order valence-electron chi connectivity index (χ0n) is 8.76. The molecule has 0 aliphatic heterocycles. The van der Waals surface area contributed by atoms with Crippen molar-refractivity contribution in [2.24, 2.45) is 5.92 Å². The van der Waals surface area contributed by atoms with E-state index in [2.05, 4.69) is 24.1 Å². The third-order valence-corrected chi connectivity index (χ3v) is 2.47. The zero-order valence-corrected chi connectivity index (χ0v) is 8.76. The molecule has 1 aromatic rings. The van der Waals surface area contributed by atoms with Gasteiger partial charge < -0.3 is 5.32 Å². The van der Waals surface area contributed by atoms with Gasteiger partial charge in [0.1, 0.15) is 0 Å². The van der Waals surface area contributed by atoms with Crippen LogP contribution in [0.15, 0.2) is 18.3 Å². The minimum absolute atomic E-state index is 0.279. The molecule has 3 heteroatoms. The van der Waals surface area contributed by atoms with Gasteiger partial charge in [-0.15, -0.1) is 0 Å². The first-order chi connectivity index (χ1) is 6.77. The second-order valence-corrected chi connectivity index (χ2v) is 3.40. The molecule has 0 aliphatic rings. The molecule has 1 N–H and O–H groups in total. The number of anilines is 1. The molecule has 1 aromatic heterocycles. The lowest BCUT2D eigenvalue weighted by atomic mass is 10.0. The Morgan fingerprint density at radius 1 is 1.43 bits per heavy atom. The Labute approximate surface area is 84.6 Å². The van der Waals surface area contributed by atoms with Gasteiger partial charge in [-0.3, -0.25) is 0 Å². The predicted octanol–water partition coefficient (Wildman–Crippen LogP) is 3.07. The number of halogens is 1. The fourth-order valence-electron chi connectivity index (χ4n) is 1.33. The lowest BCUT2D eigenvalue weighted by Crippen LogP contribution is -2.14. The molecule has 14 heavy (non-hydrogen) atoms. The minimum atomic E-state index is -0.279. The Morgan fingerprint density at radius 2 is 2.14 bits per heavy atom. The molecule has 1 heterocycles. The van der Waals surface area contributed by atoms with Crippen molar-refractivity contribution in [2.75, 3.05) is 11.9 Å². The summed E-state index contributed by atoms with van der Waals surface area (Å²) in [4.78, 5) is 3.93. The minimum Gasteiger partial charge on any atom is -0.367 e. The molecule has 0 unspecified atom stereocenters. The van der Waals surface area contributed by atoms with E-state index in [1.165, 1.54) is 6.07 Å². The lowest BCUT2D eigenvalue weighted by molar-refractivity contribution is 0.515. The van der Waals surface area contributed by atoms with E-state index >= 15 is 0 Å². The maximum absolute atomic E-state index is 13.1. The standard InChI is InChI=1S/C11H17FN2/c1-3-9(4-2)8-14-11-10(12)6-5-7-13-11/h5-7,9H,3-4,8H2,1-2H3,(H,13,14). The Bertz CT molecular complexity index is 272. The van der Waals surface area contributed by atoms with Gasteiger partial charge in [-0.1, -0.05) is 26.7 Å². The van der Waals surface area contributed by atoms with Crippen LogP contribution in [-0.2, 0) is 0 Å². The van der Waals surface area contributed by atoms with E-state index < -0.39 is 0 Å². The average molecular weight is 196 g/mol. The molecule has 78 valence electrons. The van der Waals surface area contributed by atoms with E-state index in [4.69, 9.17) is 0 Å². The summed E-state index contributed by atoms with van der Waals surface area (Å²) in [5, 5.41) is 3.03. The van der Waals surface area contributed by atoms with Crippen LogP contribution in [0.2, 0.25) is 0 Å². The Hall–Kier alpha value is -1.12. The van der Waals surface area contributed by atoms with Gasteiger partial charge in [-0.25, -0.2) is 9.37 Å². The van der Waals surface area contributed by atoms with Crippen LogP contribution in [0.4, 0.5) is 10.2 Å². The molecule has 0 amide bonds. The SMILES string of the molecule is CCC(CC)CNc1ncccc1F. The maximum atomic E-state index is 13.1. The highest BCUT2D eigenvalue weighted by Crippen LogP contribution is 2.12. The smallest absolute Gasteiger partial charge is 0.165 e. The molecule has 0 saturated heterocycles. The molecule has 0 saturated carbocycles. The average Bonchev–Trinajstić information content (AvgIpc) is 2.22. The fraction of sp³-hybridized carbons (Fsp3) is 0.545. The summed E-state index contributed by atoms with van der Waals surface area (Å²) in [6.45, 7) is 5.08. The lowest BCUT2D eigenvalue weighted by Gasteiger charge is -2.13. The third-order valence-electron chi connectivity index (χ3n) is 2.47. The zero-order chi connectivity index (χ0) is 10.4. The summed E-state index contributed by atoms with van der Waals surface area (Å²) >= 11 is 0. The molecule has 1 rings (SSSR count). The highest BCUT2D eigenvalue weighted by molar-refractivity contribution is 5.35. The first-order valence-electron chi connectivity index (χ1n) is 5.12. The molecule has 0 aromatic carbocycles. The topological polar surface area (TPSA) is 24.9 Å². The van der Waals surface area contributed by atoms with Crippen molar-refractivity contribution in [1.82, 2.24) is 4.98 Å². The molecule has 0 spiro atoms. The molecular weight excluding hydrogens is 179 g/mol. The van der Waals surface area contributed by atoms with Crippen molar-refractivity contribution in [1.29, 1.82) is 0 Å². The Balaban J connectivity index is 2.49. The summed E-state index contributed by atoms with van der Waals surface area (Å²) in [7, 11) is 0. The van der Waals surface area contributed by atoms with E-state index in [9.17, 15) is 4.39 Å². The summed E-state index contributed by atoms with van der Waals surface area (Å²) in [6.07, 6.45) is 3.81. The van der Waals surface area contributed by atoms with Crippen molar-refractivity contribution in [3.05, 3.63) is 24.1 Å². The summed E-state index contributed by atoms with van der Waals surface area (Å²) < 4.78 is 13.1. The predicted molar refractivity (Wildman–Crippen MR) is 56.8 cm³/mol. The van der Waals surface area contributed by atoms with Gasteiger partial charge in [-0.05, 0) is 18.1 Å². The maximum Gasteiger partial charge on any atom is 0.165 e. The quantitative estimate of drug-likeness (QED) is 0.782. The summed E-state index contributed by atoms with van der Waals surface area (Å²) in [5.41, 5.74) is 0. The molecule has 2 nitrogen and oxygen atoms in total. The van der Waals surface area contributed by atoms with Gasteiger partial charge in [0.2, 0.25) is 0 Å². The molecule has 0 bridgehead atoms. The van der Waals surface area contributed by atoms with E-state index in [0.29, 0.717) is 11.7 Å². The molecule has 0 radical (unpaired) electrons. The van der Waals surface area contributed by atoms with E-state index in [1.54, 1.807) is 12.3 Å². The third kappa shape index (κ3) is 2.98. The first-order valence-corrected chi connectivity index (χ1v) is 5.12. The van der Waals surface area contributed by atoms with Gasteiger partial charge >= 0.3 is 0 Å². The number of nitrogens with one attached hydrogen (secondary N) is 1. The van der Waals surface area contributed by atoms with Crippen LogP contribution in [0.3, 0.4) is 0 Å².